The highest BCUT2D eigenvalue weighted by Gasteiger charge is 2.12. The Morgan fingerprint density at radius 3 is 2.61 bits per heavy atom. The Labute approximate surface area is 163 Å². The van der Waals surface area contributed by atoms with Gasteiger partial charge in [0.2, 0.25) is 0 Å². The van der Waals surface area contributed by atoms with Crippen molar-refractivity contribution in [1.29, 1.82) is 0 Å². The molecule has 0 saturated heterocycles. The van der Waals surface area contributed by atoms with Gasteiger partial charge in [0.25, 0.3) is 5.56 Å². The van der Waals surface area contributed by atoms with Crippen LogP contribution in [-0.4, -0.2) is 22.0 Å². The minimum atomic E-state index is -0.512. The molecule has 0 saturated carbocycles. The molecule has 0 atom stereocenters. The number of hydrogen-bond donors (Lipinski definition) is 0. The number of hydrogen-bond acceptors (Lipinski definition) is 5. The van der Waals surface area contributed by atoms with Crippen LogP contribution in [0.2, 0.25) is 0 Å². The summed E-state index contributed by atoms with van der Waals surface area (Å²) in [6.45, 7) is 7.74. The Kier molecular flexibility index (Phi) is 5.78. The summed E-state index contributed by atoms with van der Waals surface area (Å²) in [6.07, 6.45) is 1.72. The summed E-state index contributed by atoms with van der Waals surface area (Å²) in [4.78, 5) is 28.6. The molecule has 0 radical (unpaired) electrons. The Morgan fingerprint density at radius 1 is 1.11 bits per heavy atom. The van der Waals surface area contributed by atoms with E-state index < -0.39 is 5.97 Å². The molecule has 2 aromatic heterocycles. The van der Waals surface area contributed by atoms with Gasteiger partial charge in [0.05, 0.1) is 5.69 Å². The second-order valence-electron chi connectivity index (χ2n) is 7.17. The molecule has 0 N–H and O–H groups in total. The molecule has 6 heteroatoms. The molecule has 0 aliphatic carbocycles. The summed E-state index contributed by atoms with van der Waals surface area (Å²) in [5.74, 6) is 0.455. The van der Waals surface area contributed by atoms with Crippen LogP contribution in [0, 0.1) is 13.8 Å². The van der Waals surface area contributed by atoms with Crippen LogP contribution in [0.25, 0.3) is 5.65 Å². The van der Waals surface area contributed by atoms with Crippen LogP contribution in [0.1, 0.15) is 42.1 Å². The number of fused-ring (bicyclic) bond motifs is 1. The Bertz CT molecular complexity index is 1070. The van der Waals surface area contributed by atoms with Crippen molar-refractivity contribution in [2.75, 3.05) is 6.61 Å². The molecular formula is C22H24N2O4. The number of rotatable bonds is 6. The van der Waals surface area contributed by atoms with Crippen LogP contribution in [-0.2, 0) is 16.1 Å². The van der Waals surface area contributed by atoms with Gasteiger partial charge in [-0.25, -0.2) is 9.78 Å². The fourth-order valence-electron chi connectivity index (χ4n) is 2.91. The fraction of sp³-hybridized carbons (Fsp3) is 0.318. The van der Waals surface area contributed by atoms with Crippen molar-refractivity contribution in [3.8, 4) is 5.75 Å². The summed E-state index contributed by atoms with van der Waals surface area (Å²) < 4.78 is 12.4. The second kappa shape index (κ2) is 8.25. The van der Waals surface area contributed by atoms with E-state index in [0.29, 0.717) is 17.1 Å². The van der Waals surface area contributed by atoms with Gasteiger partial charge >= 0.3 is 5.97 Å². The molecule has 3 rings (SSSR count). The number of carbonyl (C=O) groups is 1. The van der Waals surface area contributed by atoms with E-state index in [-0.39, 0.29) is 24.7 Å². The number of nitrogens with zero attached hydrogens (tertiary/aromatic N) is 2. The lowest BCUT2D eigenvalue weighted by molar-refractivity contribution is -0.147. The molecule has 28 heavy (non-hydrogen) atoms. The lowest BCUT2D eigenvalue weighted by Crippen LogP contribution is -2.19. The van der Waals surface area contributed by atoms with Gasteiger partial charge in [-0.1, -0.05) is 32.0 Å². The van der Waals surface area contributed by atoms with Crippen LogP contribution in [0.5, 0.6) is 5.75 Å². The molecule has 146 valence electrons. The zero-order chi connectivity index (χ0) is 20.3. The molecule has 0 bridgehead atoms. The zero-order valence-electron chi connectivity index (χ0n) is 16.6. The third kappa shape index (κ3) is 4.57. The quantitative estimate of drug-likeness (QED) is 0.612. The molecule has 0 unspecified atom stereocenters. The van der Waals surface area contributed by atoms with E-state index in [9.17, 15) is 9.59 Å². The number of pyridine rings is 1. The molecule has 0 amide bonds. The van der Waals surface area contributed by atoms with Gasteiger partial charge in [-0.2, -0.15) is 0 Å². The van der Waals surface area contributed by atoms with Crippen molar-refractivity contribution in [3.05, 3.63) is 75.3 Å². The van der Waals surface area contributed by atoms with E-state index in [1.165, 1.54) is 10.5 Å². The van der Waals surface area contributed by atoms with Crippen LogP contribution in [0.15, 0.2) is 47.4 Å². The van der Waals surface area contributed by atoms with Gasteiger partial charge < -0.3 is 9.47 Å². The monoisotopic (exact) mass is 380 g/mol. The molecule has 0 aliphatic rings. The molecular weight excluding hydrogens is 356 g/mol. The fourth-order valence-corrected chi connectivity index (χ4v) is 2.91. The topological polar surface area (TPSA) is 69.9 Å². The first-order valence-corrected chi connectivity index (χ1v) is 9.21. The highest BCUT2D eigenvalue weighted by Crippen LogP contribution is 2.27. The molecule has 0 fully saturated rings. The molecule has 6 nitrogen and oxygen atoms in total. The van der Waals surface area contributed by atoms with Gasteiger partial charge in [-0.05, 0) is 48.6 Å². The van der Waals surface area contributed by atoms with Crippen molar-refractivity contribution in [3.63, 3.8) is 0 Å². The maximum atomic E-state index is 12.2. The lowest BCUT2D eigenvalue weighted by atomic mass is 10.0. The SMILES string of the molecule is Cc1ccc(C(C)C)c(OCC(=O)OCc2cc(=O)n3cc(C)ccc3n2)c1. The number of carbonyl (C=O) groups excluding carboxylic acids is 1. The van der Waals surface area contributed by atoms with Crippen molar-refractivity contribution >= 4 is 11.6 Å². The standard InChI is InChI=1S/C22H24N2O4/c1-14(2)18-7-5-15(3)9-19(18)27-13-22(26)28-12-17-10-21(25)24-11-16(4)6-8-20(24)23-17/h5-11,14H,12-13H2,1-4H3. The first kappa shape index (κ1) is 19.6. The van der Waals surface area contributed by atoms with E-state index in [4.69, 9.17) is 9.47 Å². The smallest absolute Gasteiger partial charge is 0.344 e. The highest BCUT2D eigenvalue weighted by atomic mass is 16.6. The van der Waals surface area contributed by atoms with E-state index >= 15 is 0 Å². The Balaban J connectivity index is 1.64. The van der Waals surface area contributed by atoms with Crippen molar-refractivity contribution < 1.29 is 14.3 Å². The summed E-state index contributed by atoms with van der Waals surface area (Å²) in [7, 11) is 0. The van der Waals surface area contributed by atoms with E-state index in [1.807, 2.05) is 38.1 Å². The van der Waals surface area contributed by atoms with Crippen LogP contribution in [0.3, 0.4) is 0 Å². The largest absolute Gasteiger partial charge is 0.482 e. The normalized spacial score (nSPS) is 11.0. The van der Waals surface area contributed by atoms with Crippen molar-refractivity contribution in [2.24, 2.45) is 0 Å². The third-order valence-corrected chi connectivity index (χ3v) is 4.38. The van der Waals surface area contributed by atoms with E-state index in [2.05, 4.69) is 18.8 Å². The zero-order valence-corrected chi connectivity index (χ0v) is 16.6. The van der Waals surface area contributed by atoms with Gasteiger partial charge in [0, 0.05) is 12.3 Å². The van der Waals surface area contributed by atoms with Crippen molar-refractivity contribution in [1.82, 2.24) is 9.38 Å². The summed E-state index contributed by atoms with van der Waals surface area (Å²) in [5.41, 5.74) is 3.77. The summed E-state index contributed by atoms with van der Waals surface area (Å²) in [5, 5.41) is 0. The number of aryl methyl sites for hydroxylation is 2. The number of ether oxygens (including phenoxy) is 2. The van der Waals surface area contributed by atoms with Gasteiger partial charge in [0.15, 0.2) is 6.61 Å². The summed E-state index contributed by atoms with van der Waals surface area (Å²) >= 11 is 0. The minimum absolute atomic E-state index is 0.0767. The predicted molar refractivity (Wildman–Crippen MR) is 107 cm³/mol. The Morgan fingerprint density at radius 2 is 1.86 bits per heavy atom. The van der Waals surface area contributed by atoms with Crippen LogP contribution < -0.4 is 10.3 Å². The molecule has 2 heterocycles. The number of benzene rings is 1. The maximum absolute atomic E-state index is 12.2. The molecule has 3 aromatic rings. The number of esters is 1. The van der Waals surface area contributed by atoms with Crippen LogP contribution in [0.4, 0.5) is 0 Å². The molecule has 0 spiro atoms. The first-order valence-electron chi connectivity index (χ1n) is 9.21. The minimum Gasteiger partial charge on any atom is -0.482 e. The Hall–Kier alpha value is -3.15. The molecule has 0 aliphatic heterocycles. The van der Waals surface area contributed by atoms with Gasteiger partial charge in [-0.3, -0.25) is 9.20 Å². The third-order valence-electron chi connectivity index (χ3n) is 4.38. The average Bonchev–Trinajstić information content (AvgIpc) is 2.65. The first-order chi connectivity index (χ1) is 13.3. The van der Waals surface area contributed by atoms with Gasteiger partial charge in [0.1, 0.15) is 18.0 Å². The lowest BCUT2D eigenvalue weighted by Gasteiger charge is -2.14. The van der Waals surface area contributed by atoms with E-state index in [1.54, 1.807) is 12.3 Å². The van der Waals surface area contributed by atoms with Gasteiger partial charge in [-0.15, -0.1) is 0 Å². The maximum Gasteiger partial charge on any atom is 0.344 e. The van der Waals surface area contributed by atoms with Crippen LogP contribution >= 0.6 is 0 Å². The molecule has 1 aromatic carbocycles. The average molecular weight is 380 g/mol. The van der Waals surface area contributed by atoms with Crippen molar-refractivity contribution in [2.45, 2.75) is 40.2 Å². The summed E-state index contributed by atoms with van der Waals surface area (Å²) in [6, 6.07) is 10.9. The number of aromatic nitrogens is 2. The second-order valence-corrected chi connectivity index (χ2v) is 7.17. The highest BCUT2D eigenvalue weighted by molar-refractivity contribution is 5.71. The van der Waals surface area contributed by atoms with E-state index in [0.717, 1.165) is 16.7 Å². The predicted octanol–water partition coefficient (Wildman–Crippen LogP) is 3.56.